The fraction of sp³-hybridized carbons (Fsp3) is 0.389. The van der Waals surface area contributed by atoms with E-state index in [1.54, 1.807) is 5.06 Å². The van der Waals surface area contributed by atoms with E-state index in [1.807, 2.05) is 12.1 Å². The predicted molar refractivity (Wildman–Crippen MR) is 90.6 cm³/mol. The van der Waals surface area contributed by atoms with Crippen LogP contribution in [0.15, 0.2) is 36.7 Å². The van der Waals surface area contributed by atoms with Gasteiger partial charge in [0.25, 0.3) is 0 Å². The fourth-order valence-corrected chi connectivity index (χ4v) is 2.56. The van der Waals surface area contributed by atoms with Crippen LogP contribution in [0.25, 0.3) is 13.2 Å². The highest BCUT2D eigenvalue weighted by Gasteiger charge is 2.29. The predicted octanol–water partition coefficient (Wildman–Crippen LogP) is 2.43. The van der Waals surface area contributed by atoms with Crippen LogP contribution in [-0.4, -0.2) is 20.4 Å². The highest BCUT2D eigenvalue weighted by molar-refractivity contribution is 5.70. The van der Waals surface area contributed by atoms with Crippen LogP contribution in [0.3, 0.4) is 0 Å². The molecule has 0 aromatic carbocycles. The van der Waals surface area contributed by atoms with Gasteiger partial charge in [-0.25, -0.2) is 0 Å². The van der Waals surface area contributed by atoms with Crippen molar-refractivity contribution < 1.29 is 9.63 Å². The van der Waals surface area contributed by atoms with E-state index in [0.29, 0.717) is 6.42 Å². The first-order chi connectivity index (χ1) is 10.5. The molecule has 0 unspecified atom stereocenters. The van der Waals surface area contributed by atoms with Crippen molar-refractivity contribution in [2.24, 2.45) is 0 Å². The van der Waals surface area contributed by atoms with Crippen LogP contribution in [0.1, 0.15) is 38.5 Å². The molecular formula is C18H25N2O2+. The third kappa shape index (κ3) is 3.91. The fourth-order valence-electron chi connectivity index (χ4n) is 2.56. The molecule has 4 nitrogen and oxygen atoms in total. The van der Waals surface area contributed by atoms with E-state index in [2.05, 4.69) is 30.9 Å². The third-order valence-electron chi connectivity index (χ3n) is 3.91. The van der Waals surface area contributed by atoms with Crippen LogP contribution in [0.2, 0.25) is 0 Å². The Labute approximate surface area is 131 Å². The molecular weight excluding hydrogens is 276 g/mol. The van der Waals surface area contributed by atoms with Crippen molar-refractivity contribution in [1.29, 1.82) is 0 Å². The monoisotopic (exact) mass is 301 g/mol. The topological polar surface area (TPSA) is 38.8 Å². The molecule has 1 fully saturated rings. The van der Waals surface area contributed by atoms with E-state index in [4.69, 9.17) is 4.84 Å². The second-order valence-electron chi connectivity index (χ2n) is 5.69. The number of nitrogens with zero attached hydrogens (tertiary/aromatic N) is 2. The Morgan fingerprint density at radius 2 is 1.59 bits per heavy atom. The summed E-state index contributed by atoms with van der Waals surface area (Å²) in [4.78, 5) is 15.3. The van der Waals surface area contributed by atoms with Gasteiger partial charge in [0.15, 0.2) is 0 Å². The normalized spacial score (nSPS) is 14.6. The summed E-state index contributed by atoms with van der Waals surface area (Å²) in [6, 6.07) is 3.96. The smallest absolute Gasteiger partial charge is 0.343 e. The van der Waals surface area contributed by atoms with Gasteiger partial charge in [-0.2, -0.15) is 4.84 Å². The van der Waals surface area contributed by atoms with Crippen molar-refractivity contribution in [3.63, 3.8) is 0 Å². The van der Waals surface area contributed by atoms with Crippen LogP contribution >= 0.6 is 0 Å². The minimum atomic E-state index is 0.0286. The third-order valence-corrected chi connectivity index (χ3v) is 3.91. The second-order valence-corrected chi connectivity index (χ2v) is 5.69. The second kappa shape index (κ2) is 7.16. The Hall–Kier alpha value is -2.23. The molecule has 1 saturated heterocycles. The van der Waals surface area contributed by atoms with Crippen molar-refractivity contribution in [3.05, 3.63) is 47.4 Å². The number of hydrogen-bond donors (Lipinski definition) is 0. The molecule has 0 spiro atoms. The number of rotatable bonds is 7. The molecule has 4 heteroatoms. The molecule has 0 bridgehead atoms. The van der Waals surface area contributed by atoms with Gasteiger partial charge >= 0.3 is 5.97 Å². The standard InChI is InChI=1S/C18H24N2O2/c1-14-9-10-15(2)19(14)13-7-5-6-8-18(21)22-20-16(3)11-12-17(20)4/h9-10H,1-8,11-13H2/p+1. The molecule has 1 aliphatic heterocycles. The maximum Gasteiger partial charge on any atom is 0.516 e. The molecule has 1 aromatic heterocycles. The minimum absolute atomic E-state index is 0.0286. The Bertz CT molecular complexity index is 628. The molecule has 0 radical (unpaired) electrons. The molecule has 22 heavy (non-hydrogen) atoms. The van der Waals surface area contributed by atoms with Crippen LogP contribution in [0, 0.1) is 0 Å². The molecule has 118 valence electrons. The summed E-state index contributed by atoms with van der Waals surface area (Å²) in [6.07, 6.45) is 5.10. The summed E-state index contributed by atoms with van der Waals surface area (Å²) in [5.41, 5.74) is 1.69. The van der Waals surface area contributed by atoms with Crippen LogP contribution in [0.4, 0.5) is 0 Å². The van der Waals surface area contributed by atoms with Crippen molar-refractivity contribution in [3.8, 4) is 0 Å². The van der Waals surface area contributed by atoms with Gasteiger partial charge in [0.2, 0.25) is 0 Å². The first-order valence-electron chi connectivity index (χ1n) is 7.71. The summed E-state index contributed by atoms with van der Waals surface area (Å²) in [5.74, 6) is 0.0286. The summed E-state index contributed by atoms with van der Waals surface area (Å²) in [7, 11) is 0. The summed E-state index contributed by atoms with van der Waals surface area (Å²) in [6.45, 7) is 16.7. The maximum absolute atomic E-state index is 9.86. The number of unbranched alkanes of at least 4 members (excludes halogenated alkanes) is 2. The van der Waals surface area contributed by atoms with Crippen LogP contribution in [-0.2, 0) is 11.4 Å². The molecule has 2 rings (SSSR count). The number of aromatic nitrogens is 1. The van der Waals surface area contributed by atoms with Crippen molar-refractivity contribution in [2.45, 2.75) is 45.1 Å². The van der Waals surface area contributed by atoms with Crippen molar-refractivity contribution >= 4 is 19.1 Å². The lowest BCUT2D eigenvalue weighted by atomic mass is 10.2. The van der Waals surface area contributed by atoms with Gasteiger partial charge in [0.1, 0.15) is 6.42 Å². The lowest BCUT2D eigenvalue weighted by Crippen LogP contribution is -2.24. The number of allylic oxidation sites excluding steroid dienone is 2. The van der Waals surface area contributed by atoms with Gasteiger partial charge < -0.3 is 9.36 Å². The van der Waals surface area contributed by atoms with E-state index >= 15 is 0 Å². The average Bonchev–Trinajstić information content (AvgIpc) is 2.96. The summed E-state index contributed by atoms with van der Waals surface area (Å²) >= 11 is 0. The Balaban J connectivity index is 1.65. The van der Waals surface area contributed by atoms with Crippen molar-refractivity contribution in [2.75, 3.05) is 0 Å². The molecule has 0 amide bonds. The highest BCUT2D eigenvalue weighted by atomic mass is 16.7. The number of carbonyl (C=O) groups excluding carboxylic acids is 1. The molecule has 1 aromatic rings. The van der Waals surface area contributed by atoms with Gasteiger partial charge in [-0.3, -0.25) is 0 Å². The maximum atomic E-state index is 9.86. The first kappa shape index (κ1) is 16.1. The molecule has 0 saturated carbocycles. The van der Waals surface area contributed by atoms with E-state index in [-0.39, 0.29) is 5.97 Å². The Morgan fingerprint density at radius 1 is 1.00 bits per heavy atom. The van der Waals surface area contributed by atoms with Gasteiger partial charge in [-0.05, 0) is 37.8 Å². The summed E-state index contributed by atoms with van der Waals surface area (Å²) in [5, 5.41) is 3.53. The zero-order chi connectivity index (χ0) is 16.1. The zero-order valence-corrected chi connectivity index (χ0v) is 13.2. The summed E-state index contributed by atoms with van der Waals surface area (Å²) < 4.78 is 2.11. The van der Waals surface area contributed by atoms with Gasteiger partial charge in [0, 0.05) is 17.2 Å². The minimum Gasteiger partial charge on any atom is -0.343 e. The lowest BCUT2D eigenvalue weighted by Gasteiger charge is -2.10. The van der Waals surface area contributed by atoms with Crippen LogP contribution < -0.4 is 10.7 Å². The molecule has 1 N–H and O–H groups in total. The Morgan fingerprint density at radius 3 is 2.18 bits per heavy atom. The van der Waals surface area contributed by atoms with E-state index < -0.39 is 0 Å². The quantitative estimate of drug-likeness (QED) is 0.573. The largest absolute Gasteiger partial charge is 0.516 e. The highest BCUT2D eigenvalue weighted by Crippen LogP contribution is 2.28. The van der Waals surface area contributed by atoms with E-state index in [1.165, 1.54) is 0 Å². The molecule has 0 aliphatic carbocycles. The lowest BCUT2D eigenvalue weighted by molar-refractivity contribution is -0.00475. The first-order valence-corrected chi connectivity index (χ1v) is 7.71. The van der Waals surface area contributed by atoms with E-state index in [9.17, 15) is 4.79 Å². The molecule has 2 heterocycles. The van der Waals surface area contributed by atoms with Crippen molar-refractivity contribution in [1.82, 2.24) is 9.63 Å². The zero-order valence-electron chi connectivity index (χ0n) is 13.2. The molecule has 0 atom stereocenters. The number of hydrogen-bond acceptors (Lipinski definition) is 2. The molecule has 1 aliphatic rings. The average molecular weight is 301 g/mol. The van der Waals surface area contributed by atoms with Gasteiger partial charge in [-0.1, -0.05) is 37.8 Å². The van der Waals surface area contributed by atoms with Crippen LogP contribution in [0.5, 0.6) is 0 Å². The Kier molecular flexibility index (Phi) is 5.26. The van der Waals surface area contributed by atoms with E-state index in [0.717, 1.165) is 60.7 Å². The number of hydroxylamine groups is 2. The van der Waals surface area contributed by atoms with Gasteiger partial charge in [0.05, 0.1) is 11.4 Å². The van der Waals surface area contributed by atoms with Gasteiger partial charge in [-0.15, -0.1) is 0 Å². The SMILES string of the molecule is C=C1CCC(=C)N1OC(=[OH+])CCCCCn1c(=C)ccc1=C.